The molecule has 0 N–H and O–H groups in total. The minimum absolute atomic E-state index is 0.272. The van der Waals surface area contributed by atoms with E-state index in [4.69, 9.17) is 0 Å². The third kappa shape index (κ3) is 3.12. The van der Waals surface area contributed by atoms with Gasteiger partial charge in [-0.3, -0.25) is 4.98 Å². The zero-order chi connectivity index (χ0) is 18.1. The van der Waals surface area contributed by atoms with Crippen molar-refractivity contribution < 1.29 is 4.39 Å². The van der Waals surface area contributed by atoms with E-state index in [0.29, 0.717) is 18.3 Å². The highest BCUT2D eigenvalue weighted by molar-refractivity contribution is 5.62. The Morgan fingerprint density at radius 3 is 2.46 bits per heavy atom. The Hall–Kier alpha value is -2.62. The Kier molecular flexibility index (Phi) is 4.49. The molecule has 1 aromatic carbocycles. The van der Waals surface area contributed by atoms with Crippen molar-refractivity contribution >= 4 is 0 Å². The molecule has 3 nitrogen and oxygen atoms in total. The van der Waals surface area contributed by atoms with Crippen LogP contribution in [0.4, 0.5) is 4.39 Å². The van der Waals surface area contributed by atoms with Crippen molar-refractivity contribution in [1.29, 1.82) is 0 Å². The van der Waals surface area contributed by atoms with Crippen molar-refractivity contribution in [1.82, 2.24) is 14.8 Å². The van der Waals surface area contributed by atoms with E-state index in [1.165, 1.54) is 19.3 Å². The molecule has 0 spiro atoms. The number of hydrogen-bond acceptors (Lipinski definition) is 3. The largest absolute Gasteiger partial charge is 0.366 e. The SMILES string of the molecule is C=C1C(=C)N(C2CCC2)CCN1Cc1ncc(-c2ccccc2)cc1F. The molecule has 1 aliphatic carbocycles. The van der Waals surface area contributed by atoms with Gasteiger partial charge in [0.1, 0.15) is 5.82 Å². The number of nitrogens with zero attached hydrogens (tertiary/aromatic N) is 3. The van der Waals surface area contributed by atoms with Crippen molar-refractivity contribution in [3.8, 4) is 11.1 Å². The summed E-state index contributed by atoms with van der Waals surface area (Å²) in [5.74, 6) is -0.272. The third-order valence-corrected chi connectivity index (χ3v) is 5.55. The monoisotopic (exact) mass is 349 g/mol. The van der Waals surface area contributed by atoms with Gasteiger partial charge in [0, 0.05) is 30.9 Å². The first-order valence-electron chi connectivity index (χ1n) is 9.23. The number of hydrogen-bond donors (Lipinski definition) is 0. The molecule has 26 heavy (non-hydrogen) atoms. The number of aromatic nitrogens is 1. The molecule has 1 saturated heterocycles. The highest BCUT2D eigenvalue weighted by Gasteiger charge is 2.31. The Morgan fingerprint density at radius 1 is 1.04 bits per heavy atom. The van der Waals surface area contributed by atoms with Crippen LogP contribution in [-0.4, -0.2) is 33.9 Å². The molecule has 0 radical (unpaired) electrons. The standard InChI is InChI=1S/C22H24FN3/c1-16-17(2)26(20-9-6-10-20)12-11-25(16)15-22-21(23)13-19(14-24-22)18-7-4-3-5-8-18/h3-5,7-8,13-14,20H,1-2,6,9-12,15H2. The van der Waals surface area contributed by atoms with E-state index >= 15 is 0 Å². The predicted octanol–water partition coefficient (Wildman–Crippen LogP) is 4.59. The molecule has 2 aliphatic rings. The fourth-order valence-electron chi connectivity index (χ4n) is 3.67. The molecule has 1 aromatic heterocycles. The maximum Gasteiger partial charge on any atom is 0.147 e. The molecule has 2 aromatic rings. The van der Waals surface area contributed by atoms with Crippen molar-refractivity contribution in [3.05, 3.63) is 78.7 Å². The van der Waals surface area contributed by atoms with Gasteiger partial charge in [0.05, 0.1) is 23.6 Å². The first-order valence-corrected chi connectivity index (χ1v) is 9.23. The van der Waals surface area contributed by atoms with Crippen LogP contribution in [0.25, 0.3) is 11.1 Å². The first kappa shape index (κ1) is 16.8. The minimum atomic E-state index is -0.272. The van der Waals surface area contributed by atoms with Gasteiger partial charge in [0.2, 0.25) is 0 Å². The fraction of sp³-hybridized carbons (Fsp3) is 0.318. The van der Waals surface area contributed by atoms with Crippen LogP contribution in [0.15, 0.2) is 67.1 Å². The summed E-state index contributed by atoms with van der Waals surface area (Å²) in [6, 6.07) is 11.9. The maximum atomic E-state index is 14.6. The van der Waals surface area contributed by atoms with E-state index in [2.05, 4.69) is 27.9 Å². The van der Waals surface area contributed by atoms with Crippen LogP contribution in [0.3, 0.4) is 0 Å². The number of piperazine rings is 1. The summed E-state index contributed by atoms with van der Waals surface area (Å²) >= 11 is 0. The van der Waals surface area contributed by atoms with Crippen molar-refractivity contribution in [2.75, 3.05) is 13.1 Å². The zero-order valence-corrected chi connectivity index (χ0v) is 15.0. The highest BCUT2D eigenvalue weighted by atomic mass is 19.1. The van der Waals surface area contributed by atoms with Crippen LogP contribution >= 0.6 is 0 Å². The molecule has 0 unspecified atom stereocenters. The van der Waals surface area contributed by atoms with E-state index in [1.54, 1.807) is 12.3 Å². The van der Waals surface area contributed by atoms with E-state index < -0.39 is 0 Å². The number of halogens is 1. The van der Waals surface area contributed by atoms with Gasteiger partial charge in [0.25, 0.3) is 0 Å². The lowest BCUT2D eigenvalue weighted by Crippen LogP contribution is -2.49. The molecule has 2 fully saturated rings. The van der Waals surface area contributed by atoms with Gasteiger partial charge >= 0.3 is 0 Å². The molecular weight excluding hydrogens is 325 g/mol. The van der Waals surface area contributed by atoms with Crippen LogP contribution in [-0.2, 0) is 6.54 Å². The molecular formula is C22H24FN3. The minimum Gasteiger partial charge on any atom is -0.366 e. The van der Waals surface area contributed by atoms with Gasteiger partial charge in [0.15, 0.2) is 0 Å². The van der Waals surface area contributed by atoms with Crippen molar-refractivity contribution in [3.63, 3.8) is 0 Å². The Balaban J connectivity index is 1.47. The summed E-state index contributed by atoms with van der Waals surface area (Å²) in [6.07, 6.45) is 5.52. The summed E-state index contributed by atoms with van der Waals surface area (Å²) in [4.78, 5) is 8.84. The predicted molar refractivity (Wildman–Crippen MR) is 103 cm³/mol. The van der Waals surface area contributed by atoms with Gasteiger partial charge in [-0.2, -0.15) is 0 Å². The fourth-order valence-corrected chi connectivity index (χ4v) is 3.67. The zero-order valence-electron chi connectivity index (χ0n) is 15.0. The molecule has 1 aliphatic heterocycles. The second kappa shape index (κ2) is 6.94. The van der Waals surface area contributed by atoms with Crippen LogP contribution in [0.1, 0.15) is 25.0 Å². The second-order valence-electron chi connectivity index (χ2n) is 7.11. The highest BCUT2D eigenvalue weighted by Crippen LogP contribution is 2.33. The van der Waals surface area contributed by atoms with Crippen molar-refractivity contribution in [2.24, 2.45) is 0 Å². The van der Waals surface area contributed by atoms with Crippen LogP contribution in [0.5, 0.6) is 0 Å². The van der Waals surface area contributed by atoms with Gasteiger partial charge in [-0.05, 0) is 30.9 Å². The number of benzene rings is 1. The van der Waals surface area contributed by atoms with Gasteiger partial charge in [-0.15, -0.1) is 0 Å². The van der Waals surface area contributed by atoms with Crippen LogP contribution < -0.4 is 0 Å². The lowest BCUT2D eigenvalue weighted by molar-refractivity contribution is 0.122. The summed E-state index contributed by atoms with van der Waals surface area (Å²) in [5, 5.41) is 0. The Morgan fingerprint density at radius 2 is 1.81 bits per heavy atom. The average molecular weight is 349 g/mol. The summed E-state index contributed by atoms with van der Waals surface area (Å²) in [6.45, 7) is 10.6. The summed E-state index contributed by atoms with van der Waals surface area (Å²) in [5.41, 5.74) is 4.08. The number of pyridine rings is 1. The van der Waals surface area contributed by atoms with Gasteiger partial charge in [-0.25, -0.2) is 4.39 Å². The van der Waals surface area contributed by atoms with E-state index in [0.717, 1.165) is 35.6 Å². The van der Waals surface area contributed by atoms with Gasteiger partial charge < -0.3 is 9.80 Å². The van der Waals surface area contributed by atoms with Crippen LogP contribution in [0.2, 0.25) is 0 Å². The van der Waals surface area contributed by atoms with E-state index in [-0.39, 0.29) is 5.82 Å². The van der Waals surface area contributed by atoms with Crippen molar-refractivity contribution in [2.45, 2.75) is 31.8 Å². The lowest BCUT2D eigenvalue weighted by Gasteiger charge is -2.47. The molecule has 0 atom stereocenters. The maximum absolute atomic E-state index is 14.6. The molecule has 134 valence electrons. The molecule has 0 bridgehead atoms. The molecule has 4 rings (SSSR count). The second-order valence-corrected chi connectivity index (χ2v) is 7.11. The number of rotatable bonds is 4. The summed E-state index contributed by atoms with van der Waals surface area (Å²) < 4.78 is 14.6. The molecule has 0 amide bonds. The van der Waals surface area contributed by atoms with Gasteiger partial charge in [-0.1, -0.05) is 43.5 Å². The van der Waals surface area contributed by atoms with Crippen LogP contribution in [0, 0.1) is 5.82 Å². The average Bonchev–Trinajstić information content (AvgIpc) is 2.62. The normalized spacial score (nSPS) is 18.2. The lowest BCUT2D eigenvalue weighted by atomic mass is 9.90. The Bertz CT molecular complexity index is 827. The summed E-state index contributed by atoms with van der Waals surface area (Å²) in [7, 11) is 0. The Labute approximate surface area is 154 Å². The quantitative estimate of drug-likeness (QED) is 0.805. The molecule has 4 heteroatoms. The van der Waals surface area contributed by atoms with E-state index in [9.17, 15) is 4.39 Å². The van der Waals surface area contributed by atoms with E-state index in [1.807, 2.05) is 30.3 Å². The smallest absolute Gasteiger partial charge is 0.147 e. The third-order valence-electron chi connectivity index (χ3n) is 5.55. The first-order chi connectivity index (χ1) is 12.6. The molecule has 2 heterocycles. The molecule has 1 saturated carbocycles. The topological polar surface area (TPSA) is 19.4 Å².